The van der Waals surface area contributed by atoms with Gasteiger partial charge in [0.2, 0.25) is 0 Å². The molecule has 0 bridgehead atoms. The van der Waals surface area contributed by atoms with Crippen molar-refractivity contribution < 1.29 is 4.42 Å². The molecule has 2 N–H and O–H groups in total. The van der Waals surface area contributed by atoms with Crippen molar-refractivity contribution >= 4 is 11.8 Å². The molecule has 0 spiro atoms. The van der Waals surface area contributed by atoms with Gasteiger partial charge in [-0.15, -0.1) is 0 Å². The van der Waals surface area contributed by atoms with Crippen LogP contribution >= 0.6 is 11.8 Å². The van der Waals surface area contributed by atoms with E-state index in [1.165, 1.54) is 11.3 Å². The third-order valence-corrected chi connectivity index (χ3v) is 2.89. The third kappa shape index (κ3) is 1.30. The summed E-state index contributed by atoms with van der Waals surface area (Å²) in [6.07, 6.45) is 1.07. The summed E-state index contributed by atoms with van der Waals surface area (Å²) in [5.74, 6) is 4.37. The van der Waals surface area contributed by atoms with E-state index in [0.717, 1.165) is 23.7 Å². The molecule has 2 nitrogen and oxygen atoms in total. The van der Waals surface area contributed by atoms with Crippen molar-refractivity contribution in [2.75, 3.05) is 5.75 Å². The highest BCUT2D eigenvalue weighted by Gasteiger charge is 2.14. The summed E-state index contributed by atoms with van der Waals surface area (Å²) >= 11 is 1.96. The number of aryl methyl sites for hydroxylation is 1. The molecule has 1 aliphatic rings. The Bertz CT molecular complexity index is 233. The second kappa shape index (κ2) is 2.91. The zero-order valence-electron chi connectivity index (χ0n) is 6.30. The van der Waals surface area contributed by atoms with Gasteiger partial charge < -0.3 is 10.2 Å². The molecule has 0 unspecified atom stereocenters. The van der Waals surface area contributed by atoms with Crippen LogP contribution in [0.2, 0.25) is 0 Å². The molecule has 0 aliphatic carbocycles. The van der Waals surface area contributed by atoms with Gasteiger partial charge >= 0.3 is 0 Å². The molecule has 11 heavy (non-hydrogen) atoms. The standard InChI is InChI=1S/C8H11NOS/c9-4-7-3-6-5-11-2-1-8(6)10-7/h3H,1-2,4-5,9H2. The van der Waals surface area contributed by atoms with Crippen LogP contribution in [0.25, 0.3) is 0 Å². The average molecular weight is 169 g/mol. The minimum Gasteiger partial charge on any atom is -0.464 e. The molecule has 1 aromatic rings. The van der Waals surface area contributed by atoms with Gasteiger partial charge in [-0.25, -0.2) is 0 Å². The lowest BCUT2D eigenvalue weighted by Gasteiger charge is -2.07. The Morgan fingerprint density at radius 3 is 3.27 bits per heavy atom. The Hall–Kier alpha value is -0.410. The number of hydrogen-bond acceptors (Lipinski definition) is 3. The number of nitrogens with two attached hydrogens (primary N) is 1. The summed E-state index contributed by atoms with van der Waals surface area (Å²) in [5, 5.41) is 0. The molecule has 0 radical (unpaired) electrons. The fourth-order valence-electron chi connectivity index (χ4n) is 1.31. The number of rotatable bonds is 1. The van der Waals surface area contributed by atoms with Crippen molar-refractivity contribution in [3.05, 3.63) is 23.2 Å². The van der Waals surface area contributed by atoms with Crippen LogP contribution in [0.15, 0.2) is 10.5 Å². The molecule has 0 aromatic carbocycles. The van der Waals surface area contributed by atoms with E-state index in [2.05, 4.69) is 6.07 Å². The van der Waals surface area contributed by atoms with Gasteiger partial charge in [-0.1, -0.05) is 0 Å². The SMILES string of the molecule is NCc1cc2c(o1)CCSC2. The monoisotopic (exact) mass is 169 g/mol. The lowest BCUT2D eigenvalue weighted by atomic mass is 10.2. The molecule has 0 atom stereocenters. The third-order valence-electron chi connectivity index (χ3n) is 1.88. The highest BCUT2D eigenvalue weighted by molar-refractivity contribution is 7.98. The van der Waals surface area contributed by atoms with Crippen molar-refractivity contribution in [1.29, 1.82) is 0 Å². The predicted octanol–water partition coefficient (Wildman–Crippen LogP) is 1.53. The van der Waals surface area contributed by atoms with Gasteiger partial charge in [0.1, 0.15) is 11.5 Å². The van der Waals surface area contributed by atoms with E-state index in [-0.39, 0.29) is 0 Å². The van der Waals surface area contributed by atoms with Crippen LogP contribution in [-0.4, -0.2) is 5.75 Å². The minimum absolute atomic E-state index is 0.525. The average Bonchev–Trinajstić information content (AvgIpc) is 2.46. The van der Waals surface area contributed by atoms with E-state index in [9.17, 15) is 0 Å². The Labute approximate surface area is 70.1 Å². The van der Waals surface area contributed by atoms with Gasteiger partial charge in [0.25, 0.3) is 0 Å². The quantitative estimate of drug-likeness (QED) is 0.693. The van der Waals surface area contributed by atoms with Crippen molar-refractivity contribution in [3.8, 4) is 0 Å². The largest absolute Gasteiger partial charge is 0.464 e. The van der Waals surface area contributed by atoms with Gasteiger partial charge in [-0.2, -0.15) is 11.8 Å². The summed E-state index contributed by atoms with van der Waals surface area (Å²) in [5.41, 5.74) is 6.81. The first kappa shape index (κ1) is 7.25. The van der Waals surface area contributed by atoms with Crippen molar-refractivity contribution in [2.45, 2.75) is 18.7 Å². The Balaban J connectivity index is 2.32. The first-order valence-corrected chi connectivity index (χ1v) is 4.94. The molecular formula is C8H11NOS. The fourth-order valence-corrected chi connectivity index (χ4v) is 2.25. The van der Waals surface area contributed by atoms with Gasteiger partial charge in [-0.05, 0) is 6.07 Å². The lowest BCUT2D eigenvalue weighted by Crippen LogP contribution is -1.97. The highest BCUT2D eigenvalue weighted by atomic mass is 32.2. The Morgan fingerprint density at radius 1 is 1.64 bits per heavy atom. The second-order valence-electron chi connectivity index (χ2n) is 2.67. The molecule has 0 amide bonds. The van der Waals surface area contributed by atoms with E-state index in [1.54, 1.807) is 0 Å². The summed E-state index contributed by atoms with van der Waals surface area (Å²) in [6, 6.07) is 2.08. The van der Waals surface area contributed by atoms with E-state index < -0.39 is 0 Å². The summed E-state index contributed by atoms with van der Waals surface area (Å²) < 4.78 is 5.52. The molecule has 0 saturated carbocycles. The molecular weight excluding hydrogens is 158 g/mol. The van der Waals surface area contributed by atoms with Crippen LogP contribution < -0.4 is 5.73 Å². The van der Waals surface area contributed by atoms with Crippen molar-refractivity contribution in [1.82, 2.24) is 0 Å². The molecule has 0 saturated heterocycles. The molecule has 1 aliphatic heterocycles. The number of hydrogen-bond donors (Lipinski definition) is 1. The van der Waals surface area contributed by atoms with Crippen LogP contribution in [0.1, 0.15) is 17.1 Å². The number of furan rings is 1. The molecule has 2 rings (SSSR count). The number of fused-ring (bicyclic) bond motifs is 1. The van der Waals surface area contributed by atoms with E-state index >= 15 is 0 Å². The maximum atomic E-state index is 5.52. The van der Waals surface area contributed by atoms with Crippen molar-refractivity contribution in [3.63, 3.8) is 0 Å². The van der Waals surface area contributed by atoms with Gasteiger partial charge in [-0.3, -0.25) is 0 Å². The summed E-state index contributed by atoms with van der Waals surface area (Å²) in [7, 11) is 0. The fraction of sp³-hybridized carbons (Fsp3) is 0.500. The first-order valence-electron chi connectivity index (χ1n) is 3.78. The smallest absolute Gasteiger partial charge is 0.118 e. The van der Waals surface area contributed by atoms with Crippen LogP contribution in [0.5, 0.6) is 0 Å². The topological polar surface area (TPSA) is 39.2 Å². The van der Waals surface area contributed by atoms with E-state index in [4.69, 9.17) is 10.2 Å². The van der Waals surface area contributed by atoms with Gasteiger partial charge in [0.05, 0.1) is 6.54 Å². The van der Waals surface area contributed by atoms with Crippen LogP contribution in [0, 0.1) is 0 Å². The maximum Gasteiger partial charge on any atom is 0.118 e. The normalized spacial score (nSPS) is 16.5. The highest BCUT2D eigenvalue weighted by Crippen LogP contribution is 2.26. The molecule has 60 valence electrons. The molecule has 3 heteroatoms. The Kier molecular flexibility index (Phi) is 1.92. The van der Waals surface area contributed by atoms with Crippen molar-refractivity contribution in [2.24, 2.45) is 5.73 Å². The van der Waals surface area contributed by atoms with Gasteiger partial charge in [0, 0.05) is 23.5 Å². The summed E-state index contributed by atoms with van der Waals surface area (Å²) in [4.78, 5) is 0. The van der Waals surface area contributed by atoms with Crippen LogP contribution in [0.3, 0.4) is 0 Å². The van der Waals surface area contributed by atoms with E-state index in [1.807, 2.05) is 11.8 Å². The molecule has 1 aromatic heterocycles. The summed E-state index contributed by atoms with van der Waals surface area (Å²) in [6.45, 7) is 0.525. The maximum absolute atomic E-state index is 5.52. The molecule has 2 heterocycles. The predicted molar refractivity (Wildman–Crippen MR) is 46.5 cm³/mol. The van der Waals surface area contributed by atoms with Gasteiger partial charge in [0.15, 0.2) is 0 Å². The zero-order chi connectivity index (χ0) is 7.68. The Morgan fingerprint density at radius 2 is 2.55 bits per heavy atom. The second-order valence-corrected chi connectivity index (χ2v) is 3.77. The van der Waals surface area contributed by atoms with E-state index in [0.29, 0.717) is 6.54 Å². The first-order chi connectivity index (χ1) is 5.40. The lowest BCUT2D eigenvalue weighted by molar-refractivity contribution is 0.469. The zero-order valence-corrected chi connectivity index (χ0v) is 7.12. The molecule has 0 fully saturated rings. The number of thioether (sulfide) groups is 1. The minimum atomic E-state index is 0.525. The van der Waals surface area contributed by atoms with Crippen LogP contribution in [-0.2, 0) is 18.7 Å². The van der Waals surface area contributed by atoms with Crippen LogP contribution in [0.4, 0.5) is 0 Å².